The summed E-state index contributed by atoms with van der Waals surface area (Å²) in [4.78, 5) is 10.9. The predicted octanol–water partition coefficient (Wildman–Crippen LogP) is 2.25. The molecule has 2 aromatic rings. The largest absolute Gasteiger partial charge is 0.369 e. The van der Waals surface area contributed by atoms with Gasteiger partial charge in [0.15, 0.2) is 5.16 Å². The van der Waals surface area contributed by atoms with Gasteiger partial charge in [0, 0.05) is 13.0 Å². The van der Waals surface area contributed by atoms with Crippen molar-refractivity contribution in [3.05, 3.63) is 41.7 Å². The number of thioether (sulfide) groups is 1. The van der Waals surface area contributed by atoms with Gasteiger partial charge < -0.3 is 10.3 Å². The minimum absolute atomic E-state index is 0.232. The summed E-state index contributed by atoms with van der Waals surface area (Å²) in [5.74, 6) is 0.826. The van der Waals surface area contributed by atoms with E-state index in [1.807, 2.05) is 18.2 Å². The summed E-state index contributed by atoms with van der Waals surface area (Å²) in [6.45, 7) is 3.02. The predicted molar refractivity (Wildman–Crippen MR) is 84.1 cm³/mol. The minimum Gasteiger partial charge on any atom is -0.369 e. The lowest BCUT2D eigenvalue weighted by Crippen LogP contribution is -2.14. The van der Waals surface area contributed by atoms with Crippen LogP contribution in [0.1, 0.15) is 31.2 Å². The van der Waals surface area contributed by atoms with Crippen molar-refractivity contribution in [1.82, 2.24) is 14.8 Å². The third-order valence-corrected chi connectivity index (χ3v) is 4.07. The molecule has 0 aliphatic heterocycles. The van der Waals surface area contributed by atoms with Crippen molar-refractivity contribution in [2.45, 2.75) is 37.9 Å². The quantitative estimate of drug-likeness (QED) is 0.759. The first-order chi connectivity index (χ1) is 10.2. The molecule has 0 fully saturated rings. The first-order valence-corrected chi connectivity index (χ1v) is 8.06. The van der Waals surface area contributed by atoms with Gasteiger partial charge in [-0.1, -0.05) is 55.4 Å². The van der Waals surface area contributed by atoms with Crippen molar-refractivity contribution in [2.24, 2.45) is 5.73 Å². The molecule has 0 spiro atoms. The Kier molecular flexibility index (Phi) is 5.80. The smallest absolute Gasteiger partial charge is 0.227 e. The molecule has 0 saturated carbocycles. The van der Waals surface area contributed by atoms with Crippen LogP contribution in [0.15, 0.2) is 35.5 Å². The van der Waals surface area contributed by atoms with E-state index >= 15 is 0 Å². The second-order valence-corrected chi connectivity index (χ2v) is 5.76. The van der Waals surface area contributed by atoms with Gasteiger partial charge in [-0.25, -0.2) is 0 Å². The van der Waals surface area contributed by atoms with E-state index in [9.17, 15) is 4.79 Å². The molecule has 0 aliphatic carbocycles. The van der Waals surface area contributed by atoms with E-state index in [2.05, 4.69) is 33.8 Å². The second-order valence-electron chi connectivity index (χ2n) is 4.82. The van der Waals surface area contributed by atoms with Gasteiger partial charge in [-0.2, -0.15) is 0 Å². The molecule has 0 bridgehead atoms. The number of primary amides is 1. The summed E-state index contributed by atoms with van der Waals surface area (Å²) < 4.78 is 2.10. The maximum absolute atomic E-state index is 10.9. The van der Waals surface area contributed by atoms with E-state index < -0.39 is 0 Å². The van der Waals surface area contributed by atoms with Crippen LogP contribution in [0.3, 0.4) is 0 Å². The molecule has 1 aromatic heterocycles. The van der Waals surface area contributed by atoms with Crippen molar-refractivity contribution in [2.75, 3.05) is 5.75 Å². The molecular formula is C15H20N4OS. The molecule has 0 saturated heterocycles. The fraction of sp³-hybridized carbons (Fsp3) is 0.400. The number of aromatic nitrogens is 3. The van der Waals surface area contributed by atoms with Crippen LogP contribution in [0.4, 0.5) is 0 Å². The highest BCUT2D eigenvalue weighted by Gasteiger charge is 2.13. The van der Waals surface area contributed by atoms with Gasteiger partial charge in [-0.15, -0.1) is 10.2 Å². The molecule has 0 aliphatic rings. The van der Waals surface area contributed by atoms with Gasteiger partial charge in [0.05, 0.1) is 5.75 Å². The number of unbranched alkanes of at least 4 members (excludes halogenated alkanes) is 1. The van der Waals surface area contributed by atoms with Crippen LogP contribution in [-0.4, -0.2) is 26.4 Å². The molecule has 2 rings (SSSR count). The average Bonchev–Trinajstić information content (AvgIpc) is 2.86. The van der Waals surface area contributed by atoms with E-state index in [1.54, 1.807) is 0 Å². The van der Waals surface area contributed by atoms with Crippen molar-refractivity contribution in [3.8, 4) is 0 Å². The topological polar surface area (TPSA) is 73.8 Å². The molecule has 1 amide bonds. The first kappa shape index (κ1) is 15.6. The third kappa shape index (κ3) is 4.60. The number of carbonyl (C=O) groups excluding carboxylic acids is 1. The highest BCUT2D eigenvalue weighted by molar-refractivity contribution is 7.99. The number of hydrogen-bond donors (Lipinski definition) is 1. The van der Waals surface area contributed by atoms with Gasteiger partial charge in [-0.05, 0) is 12.0 Å². The molecule has 2 N–H and O–H groups in total. The zero-order chi connectivity index (χ0) is 15.1. The SMILES string of the molecule is CCCCn1c(Cc2ccccc2)nnc1SCC(N)=O. The van der Waals surface area contributed by atoms with Crippen molar-refractivity contribution >= 4 is 17.7 Å². The van der Waals surface area contributed by atoms with E-state index in [4.69, 9.17) is 5.73 Å². The Labute approximate surface area is 128 Å². The van der Waals surface area contributed by atoms with Gasteiger partial charge >= 0.3 is 0 Å². The highest BCUT2D eigenvalue weighted by Crippen LogP contribution is 2.19. The molecule has 21 heavy (non-hydrogen) atoms. The number of nitrogens with two attached hydrogens (primary N) is 1. The van der Waals surface area contributed by atoms with Gasteiger partial charge in [0.25, 0.3) is 0 Å². The van der Waals surface area contributed by atoms with Crippen molar-refractivity contribution < 1.29 is 4.79 Å². The maximum atomic E-state index is 10.9. The molecule has 1 aromatic carbocycles. The van der Waals surface area contributed by atoms with Crippen LogP contribution in [0.25, 0.3) is 0 Å². The molecule has 5 nitrogen and oxygen atoms in total. The monoisotopic (exact) mass is 304 g/mol. The Morgan fingerprint density at radius 2 is 2.05 bits per heavy atom. The molecule has 6 heteroatoms. The lowest BCUT2D eigenvalue weighted by Gasteiger charge is -2.09. The van der Waals surface area contributed by atoms with Gasteiger partial charge in [0.1, 0.15) is 5.82 Å². The Balaban J connectivity index is 2.17. The molecule has 0 atom stereocenters. The molecule has 1 heterocycles. The lowest BCUT2D eigenvalue weighted by molar-refractivity contribution is -0.115. The fourth-order valence-electron chi connectivity index (χ4n) is 2.01. The van der Waals surface area contributed by atoms with E-state index in [0.717, 1.165) is 36.8 Å². The van der Waals surface area contributed by atoms with Crippen LogP contribution >= 0.6 is 11.8 Å². The van der Waals surface area contributed by atoms with Crippen molar-refractivity contribution in [1.29, 1.82) is 0 Å². The Morgan fingerprint density at radius 3 is 2.71 bits per heavy atom. The standard InChI is InChI=1S/C15H20N4OS/c1-2-3-9-19-14(10-12-7-5-4-6-8-12)17-18-15(19)21-11-13(16)20/h4-8H,2-3,9-11H2,1H3,(H2,16,20). The Bertz CT molecular complexity index is 583. The number of amides is 1. The van der Waals surface area contributed by atoms with Gasteiger partial charge in [-0.3, -0.25) is 4.79 Å². The average molecular weight is 304 g/mol. The Morgan fingerprint density at radius 1 is 1.29 bits per heavy atom. The van der Waals surface area contributed by atoms with Crippen LogP contribution in [-0.2, 0) is 17.8 Å². The first-order valence-electron chi connectivity index (χ1n) is 7.07. The minimum atomic E-state index is -0.338. The summed E-state index contributed by atoms with van der Waals surface area (Å²) in [5.41, 5.74) is 6.41. The summed E-state index contributed by atoms with van der Waals surface area (Å²) in [6, 6.07) is 10.2. The molecule has 112 valence electrons. The number of rotatable bonds is 8. The van der Waals surface area contributed by atoms with Crippen LogP contribution in [0, 0.1) is 0 Å². The number of benzene rings is 1. The summed E-state index contributed by atoms with van der Waals surface area (Å²) >= 11 is 1.35. The third-order valence-electron chi connectivity index (χ3n) is 3.08. The normalized spacial score (nSPS) is 10.7. The zero-order valence-electron chi connectivity index (χ0n) is 12.2. The number of hydrogen-bond acceptors (Lipinski definition) is 4. The molecule has 0 radical (unpaired) electrons. The summed E-state index contributed by atoms with van der Waals surface area (Å²) in [5, 5.41) is 9.26. The molecular weight excluding hydrogens is 284 g/mol. The summed E-state index contributed by atoms with van der Waals surface area (Å²) in [6.07, 6.45) is 2.90. The lowest BCUT2D eigenvalue weighted by atomic mass is 10.1. The van der Waals surface area contributed by atoms with E-state index in [1.165, 1.54) is 17.3 Å². The second kappa shape index (κ2) is 7.83. The van der Waals surface area contributed by atoms with Crippen LogP contribution in [0.2, 0.25) is 0 Å². The van der Waals surface area contributed by atoms with Gasteiger partial charge in [0.2, 0.25) is 5.91 Å². The number of nitrogens with zero attached hydrogens (tertiary/aromatic N) is 3. The van der Waals surface area contributed by atoms with Crippen LogP contribution < -0.4 is 5.73 Å². The Hall–Kier alpha value is -1.82. The van der Waals surface area contributed by atoms with E-state index in [-0.39, 0.29) is 11.7 Å². The van der Waals surface area contributed by atoms with E-state index in [0.29, 0.717) is 0 Å². The highest BCUT2D eigenvalue weighted by atomic mass is 32.2. The maximum Gasteiger partial charge on any atom is 0.227 e. The molecule has 0 unspecified atom stereocenters. The fourth-order valence-corrected chi connectivity index (χ4v) is 2.73. The summed E-state index contributed by atoms with van der Waals surface area (Å²) in [7, 11) is 0. The number of carbonyl (C=O) groups is 1. The van der Waals surface area contributed by atoms with Crippen LogP contribution in [0.5, 0.6) is 0 Å². The zero-order valence-corrected chi connectivity index (χ0v) is 13.0. The van der Waals surface area contributed by atoms with Crippen molar-refractivity contribution in [3.63, 3.8) is 0 Å².